The first-order valence-corrected chi connectivity index (χ1v) is 11.9. The monoisotopic (exact) mass is 480 g/mol. The molecule has 1 saturated heterocycles. The lowest BCUT2D eigenvalue weighted by molar-refractivity contribution is -0.116. The van der Waals surface area contributed by atoms with Gasteiger partial charge in [0.25, 0.3) is 0 Å². The van der Waals surface area contributed by atoms with E-state index in [1.54, 1.807) is 0 Å². The molecule has 1 aromatic heterocycles. The van der Waals surface area contributed by atoms with E-state index in [0.717, 1.165) is 62.7 Å². The van der Waals surface area contributed by atoms with Crippen LogP contribution in [0.5, 0.6) is 5.75 Å². The summed E-state index contributed by atoms with van der Waals surface area (Å²) in [7, 11) is 0. The molecule has 2 aromatic carbocycles. The number of amides is 1. The Morgan fingerprint density at radius 1 is 1.00 bits per heavy atom. The van der Waals surface area contributed by atoms with E-state index in [-0.39, 0.29) is 24.7 Å². The number of pyridine rings is 1. The average Bonchev–Trinajstić information content (AvgIpc) is 2.88. The van der Waals surface area contributed by atoms with Crippen molar-refractivity contribution in [1.82, 2.24) is 9.88 Å². The number of ether oxygens (including phenoxy) is 1. The molecule has 4 rings (SSSR count). The van der Waals surface area contributed by atoms with Crippen LogP contribution in [0.15, 0.2) is 67.0 Å². The number of carbonyl (C=O) groups is 1. The maximum Gasteiger partial charge on any atom is 0.224 e. The van der Waals surface area contributed by atoms with E-state index in [1.165, 1.54) is 11.6 Å². The van der Waals surface area contributed by atoms with Gasteiger partial charge in [0.2, 0.25) is 5.91 Å². The topological polar surface area (TPSA) is 57.7 Å². The van der Waals surface area contributed by atoms with Gasteiger partial charge in [0, 0.05) is 57.6 Å². The predicted octanol–water partition coefficient (Wildman–Crippen LogP) is 4.52. The quantitative estimate of drug-likeness (QED) is 0.433. The largest absolute Gasteiger partial charge is 0.491 e. The molecule has 1 amide bonds. The Kier molecular flexibility index (Phi) is 8.62. The molecule has 2 heterocycles. The molecule has 0 bridgehead atoms. The summed E-state index contributed by atoms with van der Waals surface area (Å²) in [6.07, 6.45) is 5.32. The number of rotatable bonds is 10. The Morgan fingerprint density at radius 2 is 1.77 bits per heavy atom. The van der Waals surface area contributed by atoms with Crippen molar-refractivity contribution in [2.45, 2.75) is 19.3 Å². The van der Waals surface area contributed by atoms with Gasteiger partial charge in [0.15, 0.2) is 11.6 Å². The van der Waals surface area contributed by atoms with E-state index >= 15 is 0 Å². The molecule has 0 atom stereocenters. The van der Waals surface area contributed by atoms with Crippen molar-refractivity contribution in [3.63, 3.8) is 0 Å². The molecule has 6 nitrogen and oxygen atoms in total. The molecule has 1 fully saturated rings. The fraction of sp³-hybridized carbons (Fsp3) is 0.333. The first-order valence-electron chi connectivity index (χ1n) is 11.9. The van der Waals surface area contributed by atoms with Gasteiger partial charge in [-0.25, -0.2) is 8.78 Å². The van der Waals surface area contributed by atoms with Crippen LogP contribution in [0.2, 0.25) is 0 Å². The third kappa shape index (κ3) is 7.23. The number of piperazine rings is 1. The Balaban J connectivity index is 1.22. The Hall–Kier alpha value is -3.52. The Bertz CT molecular complexity index is 1110. The second kappa shape index (κ2) is 12.3. The van der Waals surface area contributed by atoms with Crippen LogP contribution in [-0.4, -0.2) is 55.1 Å². The lowest BCUT2D eigenvalue weighted by atomic mass is 10.1. The van der Waals surface area contributed by atoms with E-state index in [0.29, 0.717) is 6.42 Å². The van der Waals surface area contributed by atoms with Crippen LogP contribution in [0.4, 0.5) is 20.2 Å². The van der Waals surface area contributed by atoms with E-state index in [1.807, 2.05) is 36.7 Å². The third-order valence-corrected chi connectivity index (χ3v) is 6.06. The first-order chi connectivity index (χ1) is 17.1. The smallest absolute Gasteiger partial charge is 0.224 e. The van der Waals surface area contributed by atoms with Crippen molar-refractivity contribution < 1.29 is 18.3 Å². The molecule has 0 spiro atoms. The lowest BCUT2D eigenvalue weighted by Crippen LogP contribution is -2.47. The summed E-state index contributed by atoms with van der Waals surface area (Å²) in [5.41, 5.74) is 3.09. The van der Waals surface area contributed by atoms with E-state index < -0.39 is 11.6 Å². The molecule has 0 aliphatic carbocycles. The van der Waals surface area contributed by atoms with Gasteiger partial charge in [0.1, 0.15) is 5.82 Å². The minimum Gasteiger partial charge on any atom is -0.491 e. The summed E-state index contributed by atoms with van der Waals surface area (Å²) in [5.74, 6) is -1.55. The molecular weight excluding hydrogens is 450 g/mol. The maximum absolute atomic E-state index is 13.6. The van der Waals surface area contributed by atoms with Crippen LogP contribution in [-0.2, 0) is 11.2 Å². The summed E-state index contributed by atoms with van der Waals surface area (Å²) in [5, 5.41) is 3.00. The molecule has 1 aliphatic heterocycles. The fourth-order valence-electron chi connectivity index (χ4n) is 4.12. The zero-order chi connectivity index (χ0) is 24.5. The first kappa shape index (κ1) is 24.6. The average molecular weight is 481 g/mol. The number of para-hydroxylation sites is 2. The van der Waals surface area contributed by atoms with Crippen LogP contribution in [0, 0.1) is 11.6 Å². The van der Waals surface area contributed by atoms with E-state index in [2.05, 4.69) is 32.2 Å². The highest BCUT2D eigenvalue weighted by Gasteiger charge is 2.19. The fourth-order valence-corrected chi connectivity index (χ4v) is 4.12. The van der Waals surface area contributed by atoms with Gasteiger partial charge in [-0.05, 0) is 54.8 Å². The number of aromatic nitrogens is 1. The third-order valence-electron chi connectivity index (χ3n) is 6.06. The molecule has 35 heavy (non-hydrogen) atoms. The highest BCUT2D eigenvalue weighted by Crippen LogP contribution is 2.27. The van der Waals surface area contributed by atoms with Gasteiger partial charge in [-0.2, -0.15) is 0 Å². The summed E-state index contributed by atoms with van der Waals surface area (Å²) in [6.45, 7) is 4.88. The van der Waals surface area contributed by atoms with Gasteiger partial charge < -0.3 is 15.0 Å². The SMILES string of the molecule is O=C(CCCOc1ccc(F)cc1F)Nc1ccccc1N1CCN(CCc2ccncc2)CC1. The molecule has 1 N–H and O–H groups in total. The molecule has 3 aromatic rings. The van der Waals surface area contributed by atoms with Gasteiger partial charge in [-0.15, -0.1) is 0 Å². The van der Waals surface area contributed by atoms with Gasteiger partial charge in [-0.3, -0.25) is 14.7 Å². The second-order valence-electron chi connectivity index (χ2n) is 8.53. The van der Waals surface area contributed by atoms with Gasteiger partial charge >= 0.3 is 0 Å². The molecular formula is C27H30F2N4O2. The molecule has 0 unspecified atom stereocenters. The summed E-state index contributed by atoms with van der Waals surface area (Å²) in [4.78, 5) is 21.4. The Labute approximate surface area is 204 Å². The number of hydrogen-bond donors (Lipinski definition) is 1. The highest BCUT2D eigenvalue weighted by atomic mass is 19.1. The van der Waals surface area contributed by atoms with Crippen molar-refractivity contribution in [3.05, 3.63) is 84.2 Å². The normalized spacial score (nSPS) is 14.1. The Morgan fingerprint density at radius 3 is 2.54 bits per heavy atom. The molecule has 0 saturated carbocycles. The predicted molar refractivity (Wildman–Crippen MR) is 133 cm³/mol. The number of nitrogens with one attached hydrogen (secondary N) is 1. The van der Waals surface area contributed by atoms with Crippen LogP contribution in [0.25, 0.3) is 0 Å². The van der Waals surface area contributed by atoms with Gasteiger partial charge in [-0.1, -0.05) is 12.1 Å². The van der Waals surface area contributed by atoms with Crippen molar-refractivity contribution in [3.8, 4) is 5.75 Å². The molecule has 1 aliphatic rings. The zero-order valence-corrected chi connectivity index (χ0v) is 19.6. The zero-order valence-electron chi connectivity index (χ0n) is 19.6. The van der Waals surface area contributed by atoms with Crippen molar-refractivity contribution in [2.75, 3.05) is 49.5 Å². The number of benzene rings is 2. The van der Waals surface area contributed by atoms with Crippen LogP contribution in [0.3, 0.4) is 0 Å². The van der Waals surface area contributed by atoms with Crippen molar-refractivity contribution >= 4 is 17.3 Å². The van der Waals surface area contributed by atoms with Crippen LogP contribution >= 0.6 is 0 Å². The molecule has 184 valence electrons. The maximum atomic E-state index is 13.6. The number of hydrogen-bond acceptors (Lipinski definition) is 5. The van der Waals surface area contributed by atoms with Crippen molar-refractivity contribution in [2.24, 2.45) is 0 Å². The number of halogens is 2. The number of nitrogens with zero attached hydrogens (tertiary/aromatic N) is 3. The minimum absolute atomic E-state index is 0.0166. The summed E-state index contributed by atoms with van der Waals surface area (Å²) >= 11 is 0. The highest BCUT2D eigenvalue weighted by molar-refractivity contribution is 5.94. The van der Waals surface area contributed by atoms with E-state index in [9.17, 15) is 13.6 Å². The van der Waals surface area contributed by atoms with Gasteiger partial charge in [0.05, 0.1) is 18.0 Å². The van der Waals surface area contributed by atoms with Crippen LogP contribution in [0.1, 0.15) is 18.4 Å². The van der Waals surface area contributed by atoms with Crippen molar-refractivity contribution in [1.29, 1.82) is 0 Å². The standard InChI is InChI=1S/C27H30F2N4O2/c28-22-7-8-26(23(29)20-22)35-19-3-6-27(34)31-24-4-1-2-5-25(24)33-17-15-32(16-18-33)14-11-21-9-12-30-13-10-21/h1-2,4-5,7-10,12-13,20H,3,6,11,14-19H2,(H,31,34). The summed E-state index contributed by atoms with van der Waals surface area (Å²) in [6, 6.07) is 15.1. The van der Waals surface area contributed by atoms with E-state index in [4.69, 9.17) is 4.74 Å². The molecule has 0 radical (unpaired) electrons. The second-order valence-corrected chi connectivity index (χ2v) is 8.53. The number of anilines is 2. The molecule has 8 heteroatoms. The minimum atomic E-state index is -0.749. The number of carbonyl (C=O) groups excluding carboxylic acids is 1. The summed E-state index contributed by atoms with van der Waals surface area (Å²) < 4.78 is 31.9. The van der Waals surface area contributed by atoms with Crippen LogP contribution < -0.4 is 15.0 Å². The lowest BCUT2D eigenvalue weighted by Gasteiger charge is -2.37.